The predicted molar refractivity (Wildman–Crippen MR) is 59.3 cm³/mol. The van der Waals surface area contributed by atoms with Gasteiger partial charge in [0.25, 0.3) is 0 Å². The quantitative estimate of drug-likeness (QED) is 0.657. The fourth-order valence-corrected chi connectivity index (χ4v) is 1.43. The van der Waals surface area contributed by atoms with Gasteiger partial charge in [0.2, 0.25) is 0 Å². The summed E-state index contributed by atoms with van der Waals surface area (Å²) in [7, 11) is 2.10. The average molecular weight is 178 g/mol. The molecule has 1 aliphatic heterocycles. The largest absolute Gasteiger partial charge is 0.364 e. The third-order valence-electron chi connectivity index (χ3n) is 2.23. The molecule has 0 saturated heterocycles. The van der Waals surface area contributed by atoms with E-state index in [0.29, 0.717) is 6.17 Å². The normalized spacial score (nSPS) is 18.5. The highest BCUT2D eigenvalue weighted by Gasteiger charge is 2.19. The Labute approximate surface area is 80.6 Å². The Morgan fingerprint density at radius 1 is 1.23 bits per heavy atom. The summed E-state index contributed by atoms with van der Waals surface area (Å²) in [4.78, 5) is 2.23. The maximum Gasteiger partial charge on any atom is 0.0959 e. The number of hydrogen-bond acceptors (Lipinski definition) is 2. The predicted octanol–water partition coefficient (Wildman–Crippen LogP) is 2.92. The van der Waals surface area contributed by atoms with E-state index >= 15 is 0 Å². The van der Waals surface area contributed by atoms with Gasteiger partial charge in [0.05, 0.1) is 17.5 Å². The topological polar surface area (TPSA) is 15.3 Å². The standard InChI is InChI=1S/C9H12N2.C2H6/c1-7-10-8-5-3-4-6-9(8)11(7)2;1-2/h3-7,10H,1-2H3;1-2H3. The minimum absolute atomic E-state index is 0.424. The molecule has 2 heteroatoms. The number of hydrogen-bond donors (Lipinski definition) is 1. The van der Waals surface area contributed by atoms with Crippen molar-refractivity contribution in [2.75, 3.05) is 17.3 Å². The molecule has 0 saturated carbocycles. The summed E-state index contributed by atoms with van der Waals surface area (Å²) in [6.07, 6.45) is 0.424. The van der Waals surface area contributed by atoms with Crippen LogP contribution in [0.25, 0.3) is 0 Å². The molecule has 1 heterocycles. The lowest BCUT2D eigenvalue weighted by atomic mass is 10.3. The molecule has 0 aromatic heterocycles. The van der Waals surface area contributed by atoms with Crippen molar-refractivity contribution in [3.05, 3.63) is 24.3 Å². The van der Waals surface area contributed by atoms with E-state index in [4.69, 9.17) is 0 Å². The first kappa shape index (κ1) is 9.90. The summed E-state index contributed by atoms with van der Waals surface area (Å²) >= 11 is 0. The van der Waals surface area contributed by atoms with Crippen LogP contribution in [0.2, 0.25) is 0 Å². The fraction of sp³-hybridized carbons (Fsp3) is 0.455. The van der Waals surface area contributed by atoms with Crippen molar-refractivity contribution in [1.29, 1.82) is 0 Å². The third-order valence-corrected chi connectivity index (χ3v) is 2.23. The van der Waals surface area contributed by atoms with Crippen LogP contribution < -0.4 is 10.2 Å². The van der Waals surface area contributed by atoms with Crippen LogP contribution in [-0.4, -0.2) is 13.2 Å². The van der Waals surface area contributed by atoms with Crippen molar-refractivity contribution in [2.24, 2.45) is 0 Å². The number of anilines is 2. The van der Waals surface area contributed by atoms with Crippen molar-refractivity contribution in [2.45, 2.75) is 26.9 Å². The van der Waals surface area contributed by atoms with Crippen molar-refractivity contribution >= 4 is 11.4 Å². The van der Waals surface area contributed by atoms with E-state index in [0.717, 1.165) is 0 Å². The zero-order valence-electron chi connectivity index (χ0n) is 8.83. The van der Waals surface area contributed by atoms with Gasteiger partial charge in [-0.05, 0) is 19.1 Å². The smallest absolute Gasteiger partial charge is 0.0959 e. The molecule has 0 radical (unpaired) electrons. The summed E-state index contributed by atoms with van der Waals surface area (Å²) in [6, 6.07) is 8.36. The van der Waals surface area contributed by atoms with Crippen LogP contribution in [-0.2, 0) is 0 Å². The minimum Gasteiger partial charge on any atom is -0.364 e. The monoisotopic (exact) mass is 178 g/mol. The lowest BCUT2D eigenvalue weighted by Crippen LogP contribution is -2.28. The summed E-state index contributed by atoms with van der Waals surface area (Å²) in [6.45, 7) is 6.15. The van der Waals surface area contributed by atoms with Crippen LogP contribution >= 0.6 is 0 Å². The first-order chi connectivity index (χ1) is 6.29. The Morgan fingerprint density at radius 2 is 1.85 bits per heavy atom. The zero-order valence-corrected chi connectivity index (χ0v) is 8.83. The number of nitrogens with one attached hydrogen (secondary N) is 1. The molecule has 1 aliphatic rings. The van der Waals surface area contributed by atoms with Crippen LogP contribution in [0.5, 0.6) is 0 Å². The van der Waals surface area contributed by atoms with Gasteiger partial charge in [0.15, 0.2) is 0 Å². The second-order valence-electron chi connectivity index (χ2n) is 2.95. The third kappa shape index (κ3) is 1.77. The molecule has 2 rings (SSSR count). The van der Waals surface area contributed by atoms with Crippen molar-refractivity contribution in [3.8, 4) is 0 Å². The summed E-state index contributed by atoms with van der Waals surface area (Å²) in [5, 5.41) is 3.37. The maximum absolute atomic E-state index is 3.37. The van der Waals surface area contributed by atoms with E-state index in [1.165, 1.54) is 11.4 Å². The van der Waals surface area contributed by atoms with Crippen molar-refractivity contribution in [1.82, 2.24) is 0 Å². The molecule has 1 aromatic carbocycles. The molecule has 1 atom stereocenters. The fourth-order valence-electron chi connectivity index (χ4n) is 1.43. The first-order valence-corrected chi connectivity index (χ1v) is 4.87. The summed E-state index contributed by atoms with van der Waals surface area (Å²) in [5.74, 6) is 0. The Bertz CT molecular complexity index is 271. The van der Waals surface area contributed by atoms with Gasteiger partial charge in [-0.2, -0.15) is 0 Å². The molecule has 2 nitrogen and oxygen atoms in total. The molecule has 0 bridgehead atoms. The Hall–Kier alpha value is -1.18. The molecular weight excluding hydrogens is 160 g/mol. The van der Waals surface area contributed by atoms with Gasteiger partial charge in [-0.25, -0.2) is 0 Å². The molecule has 0 fully saturated rings. The molecule has 72 valence electrons. The van der Waals surface area contributed by atoms with E-state index in [-0.39, 0.29) is 0 Å². The Morgan fingerprint density at radius 3 is 2.46 bits per heavy atom. The van der Waals surface area contributed by atoms with Gasteiger partial charge < -0.3 is 10.2 Å². The number of rotatable bonds is 0. The SMILES string of the molecule is CC.CC1Nc2ccccc2N1C. The molecule has 13 heavy (non-hydrogen) atoms. The highest BCUT2D eigenvalue weighted by molar-refractivity contribution is 5.75. The molecule has 1 aromatic rings. The second kappa shape index (κ2) is 4.17. The number of nitrogens with zero attached hydrogens (tertiary/aromatic N) is 1. The second-order valence-corrected chi connectivity index (χ2v) is 2.95. The Kier molecular flexibility index (Phi) is 3.18. The lowest BCUT2D eigenvalue weighted by Gasteiger charge is -2.16. The molecule has 0 aliphatic carbocycles. The van der Waals surface area contributed by atoms with Gasteiger partial charge in [-0.1, -0.05) is 26.0 Å². The summed E-state index contributed by atoms with van der Waals surface area (Å²) in [5.41, 5.74) is 2.53. The maximum atomic E-state index is 3.37. The number of para-hydroxylation sites is 2. The van der Waals surface area contributed by atoms with E-state index in [1.54, 1.807) is 0 Å². The lowest BCUT2D eigenvalue weighted by molar-refractivity contribution is 0.806. The number of fused-ring (bicyclic) bond motifs is 1. The van der Waals surface area contributed by atoms with Crippen LogP contribution in [0.1, 0.15) is 20.8 Å². The molecular formula is C11H18N2. The van der Waals surface area contributed by atoms with E-state index < -0.39 is 0 Å². The molecule has 0 spiro atoms. The van der Waals surface area contributed by atoms with E-state index in [9.17, 15) is 0 Å². The van der Waals surface area contributed by atoms with Gasteiger partial charge in [0, 0.05) is 7.05 Å². The van der Waals surface area contributed by atoms with Gasteiger partial charge in [-0.3, -0.25) is 0 Å². The van der Waals surface area contributed by atoms with Gasteiger partial charge in [0.1, 0.15) is 0 Å². The van der Waals surface area contributed by atoms with E-state index in [2.05, 4.69) is 48.5 Å². The highest BCUT2D eigenvalue weighted by Crippen LogP contribution is 2.32. The average Bonchev–Trinajstić information content (AvgIpc) is 2.47. The van der Waals surface area contributed by atoms with Gasteiger partial charge in [-0.15, -0.1) is 0 Å². The molecule has 1 N–H and O–H groups in total. The van der Waals surface area contributed by atoms with Crippen molar-refractivity contribution < 1.29 is 0 Å². The van der Waals surface area contributed by atoms with Crippen LogP contribution in [0.3, 0.4) is 0 Å². The first-order valence-electron chi connectivity index (χ1n) is 4.87. The Balaban J connectivity index is 0.000000396. The minimum atomic E-state index is 0.424. The van der Waals surface area contributed by atoms with Crippen LogP contribution in [0, 0.1) is 0 Å². The number of benzene rings is 1. The zero-order chi connectivity index (χ0) is 9.84. The van der Waals surface area contributed by atoms with E-state index in [1.807, 2.05) is 13.8 Å². The molecule has 1 unspecified atom stereocenters. The molecule has 0 amide bonds. The highest BCUT2D eigenvalue weighted by atomic mass is 15.3. The van der Waals surface area contributed by atoms with Gasteiger partial charge >= 0.3 is 0 Å². The van der Waals surface area contributed by atoms with Crippen molar-refractivity contribution in [3.63, 3.8) is 0 Å². The van der Waals surface area contributed by atoms with Crippen LogP contribution in [0.4, 0.5) is 11.4 Å². The summed E-state index contributed by atoms with van der Waals surface area (Å²) < 4.78 is 0. The van der Waals surface area contributed by atoms with Crippen LogP contribution in [0.15, 0.2) is 24.3 Å².